The maximum absolute atomic E-state index is 13.1. The maximum atomic E-state index is 13.1. The van der Waals surface area contributed by atoms with Gasteiger partial charge >= 0.3 is 0 Å². The molecule has 1 saturated carbocycles. The number of hydrogen-bond acceptors (Lipinski definition) is 4. The van der Waals surface area contributed by atoms with Gasteiger partial charge in [0, 0.05) is 53.6 Å². The van der Waals surface area contributed by atoms with Gasteiger partial charge in [0.15, 0.2) is 0 Å². The van der Waals surface area contributed by atoms with Crippen LogP contribution in [0.5, 0.6) is 0 Å². The zero-order valence-electron chi connectivity index (χ0n) is 23.5. The molecular formula is C33H37Cl2N3O3S. The zero-order valence-corrected chi connectivity index (χ0v) is 25.8. The van der Waals surface area contributed by atoms with Gasteiger partial charge in [-0.2, -0.15) is 4.31 Å². The second-order valence-electron chi connectivity index (χ2n) is 12.0. The van der Waals surface area contributed by atoms with Gasteiger partial charge < -0.3 is 10.6 Å². The molecule has 3 aromatic rings. The van der Waals surface area contributed by atoms with E-state index in [-0.39, 0.29) is 30.0 Å². The monoisotopic (exact) mass is 625 g/mol. The van der Waals surface area contributed by atoms with Crippen LogP contribution < -0.4 is 10.6 Å². The van der Waals surface area contributed by atoms with Gasteiger partial charge in [-0.15, -0.1) is 0 Å². The molecule has 0 aromatic heterocycles. The molecule has 2 heterocycles. The molecule has 1 aliphatic carbocycles. The van der Waals surface area contributed by atoms with E-state index in [0.717, 1.165) is 42.1 Å². The first-order chi connectivity index (χ1) is 20.3. The van der Waals surface area contributed by atoms with Gasteiger partial charge in [-0.05, 0) is 91.5 Å². The van der Waals surface area contributed by atoms with Crippen LogP contribution in [0.25, 0.3) is 0 Å². The number of nitrogens with zero attached hydrogens (tertiary/aromatic N) is 1. The van der Waals surface area contributed by atoms with Crippen molar-refractivity contribution < 1.29 is 13.2 Å². The Bertz CT molecular complexity index is 1430. The van der Waals surface area contributed by atoms with Crippen molar-refractivity contribution in [2.75, 3.05) is 13.1 Å². The van der Waals surface area contributed by atoms with E-state index in [1.165, 1.54) is 11.1 Å². The van der Waals surface area contributed by atoms with Crippen LogP contribution in [0, 0.1) is 11.8 Å². The molecule has 2 N–H and O–H groups in total. The first-order valence-electron chi connectivity index (χ1n) is 14.9. The normalized spacial score (nSPS) is 25.6. The van der Waals surface area contributed by atoms with Crippen molar-refractivity contribution in [2.24, 2.45) is 11.8 Å². The highest BCUT2D eigenvalue weighted by molar-refractivity contribution is 7.89. The molecule has 2 saturated heterocycles. The van der Waals surface area contributed by atoms with Gasteiger partial charge in [-0.3, -0.25) is 4.79 Å². The molecule has 3 aromatic carbocycles. The van der Waals surface area contributed by atoms with Crippen molar-refractivity contribution in [3.8, 4) is 0 Å². The van der Waals surface area contributed by atoms with Crippen molar-refractivity contribution in [2.45, 2.75) is 67.5 Å². The van der Waals surface area contributed by atoms with Gasteiger partial charge in [0.2, 0.25) is 15.9 Å². The summed E-state index contributed by atoms with van der Waals surface area (Å²) in [4.78, 5) is 13.1. The summed E-state index contributed by atoms with van der Waals surface area (Å²) in [7, 11) is -3.50. The first kappa shape index (κ1) is 29.6. The van der Waals surface area contributed by atoms with Crippen molar-refractivity contribution in [1.29, 1.82) is 0 Å². The van der Waals surface area contributed by atoms with E-state index < -0.39 is 10.0 Å². The van der Waals surface area contributed by atoms with Crippen LogP contribution in [-0.4, -0.2) is 49.8 Å². The fraction of sp³-hybridized carbons (Fsp3) is 0.424. The molecule has 222 valence electrons. The van der Waals surface area contributed by atoms with E-state index >= 15 is 0 Å². The third-order valence-electron chi connectivity index (χ3n) is 9.42. The third-order valence-corrected chi connectivity index (χ3v) is 11.8. The molecule has 6 rings (SSSR count). The lowest BCUT2D eigenvalue weighted by atomic mass is 9.65. The number of fused-ring (bicyclic) bond motifs is 1. The Morgan fingerprint density at radius 1 is 0.810 bits per heavy atom. The Kier molecular flexibility index (Phi) is 8.94. The van der Waals surface area contributed by atoms with Crippen LogP contribution in [0.1, 0.15) is 55.6 Å². The average molecular weight is 627 g/mol. The Labute approximate surface area is 258 Å². The van der Waals surface area contributed by atoms with E-state index in [4.69, 9.17) is 23.2 Å². The summed E-state index contributed by atoms with van der Waals surface area (Å²) >= 11 is 12.5. The molecule has 0 radical (unpaired) electrons. The molecule has 3 aliphatic rings. The number of amides is 1. The zero-order chi connectivity index (χ0) is 29.3. The highest BCUT2D eigenvalue weighted by Crippen LogP contribution is 2.45. The number of benzene rings is 3. The number of carbonyl (C=O) groups is 1. The fourth-order valence-electron chi connectivity index (χ4n) is 7.35. The van der Waals surface area contributed by atoms with Crippen LogP contribution in [0.3, 0.4) is 0 Å². The fourth-order valence-corrected chi connectivity index (χ4v) is 9.09. The number of rotatable bonds is 7. The second-order valence-corrected chi connectivity index (χ2v) is 14.8. The summed E-state index contributed by atoms with van der Waals surface area (Å²) in [6, 6.07) is 25.4. The van der Waals surface area contributed by atoms with Crippen molar-refractivity contribution in [3.05, 3.63) is 100 Å². The summed E-state index contributed by atoms with van der Waals surface area (Å²) in [5.41, 5.74) is 2.48. The molecule has 0 bridgehead atoms. The number of piperidine rings is 2. The van der Waals surface area contributed by atoms with Crippen molar-refractivity contribution in [3.63, 3.8) is 0 Å². The Morgan fingerprint density at radius 3 is 2.00 bits per heavy atom. The quantitative estimate of drug-likeness (QED) is 0.326. The molecule has 6 nitrogen and oxygen atoms in total. The molecule has 2 aliphatic heterocycles. The molecule has 4 unspecified atom stereocenters. The third kappa shape index (κ3) is 6.41. The van der Waals surface area contributed by atoms with Crippen LogP contribution in [0.4, 0.5) is 0 Å². The number of sulfonamides is 1. The lowest BCUT2D eigenvalue weighted by molar-refractivity contribution is -0.126. The minimum absolute atomic E-state index is 0.0601. The molecule has 0 spiro atoms. The Morgan fingerprint density at radius 2 is 1.40 bits per heavy atom. The number of nitrogens with one attached hydrogen (secondary N) is 2. The van der Waals surface area contributed by atoms with Gasteiger partial charge in [0.1, 0.15) is 0 Å². The SMILES string of the molecule is O=C1CC(NC2CCN(S(=O)(=O)c3ccccc3)CC2)C2CC(C(c3ccc(Cl)cc3)c3ccc(Cl)cc3)CCC2N1. The van der Waals surface area contributed by atoms with Crippen LogP contribution in [0.2, 0.25) is 10.0 Å². The highest BCUT2D eigenvalue weighted by Gasteiger charge is 2.44. The smallest absolute Gasteiger partial charge is 0.243 e. The molecule has 4 atom stereocenters. The lowest BCUT2D eigenvalue weighted by Crippen LogP contribution is -2.60. The Hall–Kier alpha value is -2.42. The van der Waals surface area contributed by atoms with E-state index in [0.29, 0.717) is 36.2 Å². The standard InChI is InChI=1S/C33H37Cl2N3O3S/c34-25-11-6-22(7-12-25)33(23-8-13-26(35)14-9-23)24-10-15-30-29(20-24)31(21-32(39)37-30)36-27-16-18-38(19-17-27)42(40,41)28-4-2-1-3-5-28/h1-9,11-14,24,27,29-31,33,36H,10,15-21H2,(H,37,39). The number of halogens is 2. The predicted octanol–water partition coefficient (Wildman–Crippen LogP) is 6.24. The molecule has 1 amide bonds. The first-order valence-corrected chi connectivity index (χ1v) is 17.1. The second kappa shape index (κ2) is 12.7. The van der Waals surface area contributed by atoms with Crippen LogP contribution in [-0.2, 0) is 14.8 Å². The number of hydrogen-bond donors (Lipinski definition) is 2. The van der Waals surface area contributed by atoms with Crippen molar-refractivity contribution in [1.82, 2.24) is 14.9 Å². The predicted molar refractivity (Wildman–Crippen MR) is 167 cm³/mol. The largest absolute Gasteiger partial charge is 0.353 e. The minimum Gasteiger partial charge on any atom is -0.353 e. The van der Waals surface area contributed by atoms with Gasteiger partial charge in [-0.25, -0.2) is 8.42 Å². The molecule has 42 heavy (non-hydrogen) atoms. The van der Waals surface area contributed by atoms with E-state index in [1.54, 1.807) is 28.6 Å². The summed E-state index contributed by atoms with van der Waals surface area (Å²) in [6.07, 6.45) is 4.83. The van der Waals surface area contributed by atoms with E-state index in [2.05, 4.69) is 34.9 Å². The molecular weight excluding hydrogens is 589 g/mol. The minimum atomic E-state index is -3.50. The van der Waals surface area contributed by atoms with Gasteiger partial charge in [-0.1, -0.05) is 65.7 Å². The van der Waals surface area contributed by atoms with E-state index in [1.807, 2.05) is 30.3 Å². The highest BCUT2D eigenvalue weighted by atomic mass is 35.5. The van der Waals surface area contributed by atoms with Crippen LogP contribution in [0.15, 0.2) is 83.8 Å². The van der Waals surface area contributed by atoms with Gasteiger partial charge in [0.05, 0.1) is 4.90 Å². The molecule has 3 fully saturated rings. The van der Waals surface area contributed by atoms with Gasteiger partial charge in [0.25, 0.3) is 0 Å². The average Bonchev–Trinajstić information content (AvgIpc) is 3.00. The maximum Gasteiger partial charge on any atom is 0.243 e. The van der Waals surface area contributed by atoms with E-state index in [9.17, 15) is 13.2 Å². The number of carbonyl (C=O) groups excluding carboxylic acids is 1. The molecule has 9 heteroatoms. The Balaban J connectivity index is 1.17. The topological polar surface area (TPSA) is 78.5 Å². The summed E-state index contributed by atoms with van der Waals surface area (Å²) in [5.74, 6) is 0.994. The summed E-state index contributed by atoms with van der Waals surface area (Å²) in [6.45, 7) is 0.944. The van der Waals surface area contributed by atoms with Crippen molar-refractivity contribution >= 4 is 39.1 Å². The van der Waals surface area contributed by atoms with Crippen LogP contribution >= 0.6 is 23.2 Å². The lowest BCUT2D eigenvalue weighted by Gasteiger charge is -2.47. The summed E-state index contributed by atoms with van der Waals surface area (Å²) in [5, 5.41) is 8.56. The summed E-state index contributed by atoms with van der Waals surface area (Å²) < 4.78 is 27.8.